The van der Waals surface area contributed by atoms with Crippen molar-refractivity contribution in [2.75, 3.05) is 30.3 Å². The molecular formula is C26H29N3O3. The third-order valence-corrected chi connectivity index (χ3v) is 4.78. The summed E-state index contributed by atoms with van der Waals surface area (Å²) in [5.74, 6) is 0.509. The summed E-state index contributed by atoms with van der Waals surface area (Å²) in [4.78, 5) is 24.1. The summed E-state index contributed by atoms with van der Waals surface area (Å²) in [5.41, 5.74) is 3.29. The summed E-state index contributed by atoms with van der Waals surface area (Å²) < 4.78 is 5.78. The highest BCUT2D eigenvalue weighted by molar-refractivity contribution is 5.96. The molecule has 32 heavy (non-hydrogen) atoms. The standard InChI is InChI=1S/C26H29N3O3/c1-2-17-27-26(31)21-8-10-23(11-9-21)29-25(30)19-28-22-12-14-24(15-13-22)32-18-16-20-6-4-3-5-7-20/h3-15,28H,2,16-19H2,1H3,(H,27,31)(H,29,30). The van der Waals surface area contributed by atoms with Crippen molar-refractivity contribution >= 4 is 23.2 Å². The number of ether oxygens (including phenoxy) is 1. The Kier molecular flexibility index (Phi) is 8.69. The molecule has 166 valence electrons. The van der Waals surface area contributed by atoms with Crippen LogP contribution in [0.25, 0.3) is 0 Å². The van der Waals surface area contributed by atoms with Crippen LogP contribution in [0.5, 0.6) is 5.75 Å². The number of rotatable bonds is 11. The zero-order valence-corrected chi connectivity index (χ0v) is 18.3. The van der Waals surface area contributed by atoms with Gasteiger partial charge in [-0.25, -0.2) is 0 Å². The lowest BCUT2D eigenvalue weighted by molar-refractivity contribution is -0.114. The molecule has 3 aromatic rings. The Morgan fingerprint density at radius 2 is 1.53 bits per heavy atom. The van der Waals surface area contributed by atoms with Crippen molar-refractivity contribution in [3.63, 3.8) is 0 Å². The van der Waals surface area contributed by atoms with Gasteiger partial charge in [0.25, 0.3) is 5.91 Å². The Bertz CT molecular complexity index is 987. The fraction of sp³-hybridized carbons (Fsp3) is 0.231. The van der Waals surface area contributed by atoms with E-state index in [-0.39, 0.29) is 18.4 Å². The first-order valence-electron chi connectivity index (χ1n) is 10.8. The molecule has 0 unspecified atom stereocenters. The Morgan fingerprint density at radius 3 is 2.22 bits per heavy atom. The molecule has 6 nitrogen and oxygen atoms in total. The summed E-state index contributed by atoms with van der Waals surface area (Å²) in [6, 6.07) is 24.6. The van der Waals surface area contributed by atoms with Crippen LogP contribution >= 0.6 is 0 Å². The second kappa shape index (κ2) is 12.2. The van der Waals surface area contributed by atoms with E-state index in [1.807, 2.05) is 49.4 Å². The molecule has 0 saturated heterocycles. The number of nitrogens with one attached hydrogen (secondary N) is 3. The van der Waals surface area contributed by atoms with Gasteiger partial charge in [-0.15, -0.1) is 0 Å². The largest absolute Gasteiger partial charge is 0.493 e. The average molecular weight is 432 g/mol. The van der Waals surface area contributed by atoms with Crippen LogP contribution in [0.1, 0.15) is 29.3 Å². The first kappa shape index (κ1) is 22.9. The predicted molar refractivity (Wildman–Crippen MR) is 128 cm³/mol. The highest BCUT2D eigenvalue weighted by atomic mass is 16.5. The maximum atomic E-state index is 12.2. The number of carbonyl (C=O) groups is 2. The molecule has 6 heteroatoms. The number of amides is 2. The van der Waals surface area contributed by atoms with E-state index in [1.54, 1.807) is 24.3 Å². The third kappa shape index (κ3) is 7.47. The molecule has 0 aromatic heterocycles. The van der Waals surface area contributed by atoms with Gasteiger partial charge in [-0.3, -0.25) is 9.59 Å². The summed E-state index contributed by atoms with van der Waals surface area (Å²) in [5, 5.41) is 8.74. The van der Waals surface area contributed by atoms with Crippen LogP contribution in [0.3, 0.4) is 0 Å². The Morgan fingerprint density at radius 1 is 0.844 bits per heavy atom. The van der Waals surface area contributed by atoms with E-state index in [4.69, 9.17) is 4.74 Å². The van der Waals surface area contributed by atoms with E-state index < -0.39 is 0 Å². The van der Waals surface area contributed by atoms with Gasteiger partial charge in [0.1, 0.15) is 5.75 Å². The van der Waals surface area contributed by atoms with Crippen molar-refractivity contribution in [2.24, 2.45) is 0 Å². The van der Waals surface area contributed by atoms with E-state index in [0.29, 0.717) is 24.4 Å². The van der Waals surface area contributed by atoms with Crippen LogP contribution in [0.4, 0.5) is 11.4 Å². The minimum atomic E-state index is -0.170. The van der Waals surface area contributed by atoms with Crippen LogP contribution in [0.2, 0.25) is 0 Å². The van der Waals surface area contributed by atoms with Crippen LogP contribution in [0.15, 0.2) is 78.9 Å². The lowest BCUT2D eigenvalue weighted by atomic mass is 10.2. The molecule has 0 atom stereocenters. The lowest BCUT2D eigenvalue weighted by Crippen LogP contribution is -2.24. The highest BCUT2D eigenvalue weighted by Gasteiger charge is 2.06. The molecule has 0 radical (unpaired) electrons. The molecule has 0 heterocycles. The zero-order valence-electron chi connectivity index (χ0n) is 18.3. The first-order chi connectivity index (χ1) is 15.6. The highest BCUT2D eigenvalue weighted by Crippen LogP contribution is 2.16. The molecule has 0 fully saturated rings. The minimum absolute atomic E-state index is 0.112. The van der Waals surface area contributed by atoms with Gasteiger partial charge in [-0.2, -0.15) is 0 Å². The number of hydrogen-bond donors (Lipinski definition) is 3. The lowest BCUT2D eigenvalue weighted by Gasteiger charge is -2.10. The smallest absolute Gasteiger partial charge is 0.251 e. The quantitative estimate of drug-likeness (QED) is 0.418. The second-order valence-electron chi connectivity index (χ2n) is 7.34. The van der Waals surface area contributed by atoms with Crippen LogP contribution < -0.4 is 20.7 Å². The summed E-state index contributed by atoms with van der Waals surface area (Å²) in [7, 11) is 0. The van der Waals surface area contributed by atoms with Gasteiger partial charge in [0.15, 0.2) is 0 Å². The Labute approximate surface area is 189 Å². The molecule has 3 aromatic carbocycles. The number of anilines is 2. The maximum Gasteiger partial charge on any atom is 0.251 e. The van der Waals surface area contributed by atoms with Gasteiger partial charge in [0, 0.05) is 29.9 Å². The van der Waals surface area contributed by atoms with E-state index >= 15 is 0 Å². The number of carbonyl (C=O) groups excluding carboxylic acids is 2. The van der Waals surface area contributed by atoms with Crippen LogP contribution in [0, 0.1) is 0 Å². The van der Waals surface area contributed by atoms with E-state index in [9.17, 15) is 9.59 Å². The molecule has 0 bridgehead atoms. The van der Waals surface area contributed by atoms with E-state index in [0.717, 1.165) is 24.3 Å². The Hall–Kier alpha value is -3.80. The van der Waals surface area contributed by atoms with Crippen molar-refractivity contribution in [1.82, 2.24) is 5.32 Å². The molecule has 3 rings (SSSR count). The van der Waals surface area contributed by atoms with E-state index in [2.05, 4.69) is 28.1 Å². The molecule has 2 amide bonds. The van der Waals surface area contributed by atoms with Gasteiger partial charge in [0.05, 0.1) is 13.2 Å². The third-order valence-electron chi connectivity index (χ3n) is 4.78. The fourth-order valence-corrected chi connectivity index (χ4v) is 3.03. The fourth-order valence-electron chi connectivity index (χ4n) is 3.03. The second-order valence-corrected chi connectivity index (χ2v) is 7.34. The van der Waals surface area contributed by atoms with Gasteiger partial charge < -0.3 is 20.7 Å². The van der Waals surface area contributed by atoms with E-state index in [1.165, 1.54) is 5.56 Å². The van der Waals surface area contributed by atoms with Crippen molar-refractivity contribution in [1.29, 1.82) is 0 Å². The SMILES string of the molecule is CCCNC(=O)c1ccc(NC(=O)CNc2ccc(OCCc3ccccc3)cc2)cc1. The number of hydrogen-bond acceptors (Lipinski definition) is 4. The van der Waals surface area contributed by atoms with Gasteiger partial charge >= 0.3 is 0 Å². The maximum absolute atomic E-state index is 12.2. The molecule has 0 saturated carbocycles. The average Bonchev–Trinajstić information content (AvgIpc) is 2.83. The zero-order chi connectivity index (χ0) is 22.6. The Balaban J connectivity index is 1.39. The molecular weight excluding hydrogens is 402 g/mol. The molecule has 0 aliphatic carbocycles. The first-order valence-corrected chi connectivity index (χ1v) is 10.8. The topological polar surface area (TPSA) is 79.5 Å². The summed E-state index contributed by atoms with van der Waals surface area (Å²) in [6.45, 7) is 3.39. The van der Waals surface area contributed by atoms with Gasteiger partial charge in [0.2, 0.25) is 5.91 Å². The molecule has 0 aliphatic heterocycles. The van der Waals surface area contributed by atoms with Gasteiger partial charge in [-0.05, 0) is 60.5 Å². The van der Waals surface area contributed by atoms with Crippen LogP contribution in [-0.4, -0.2) is 31.5 Å². The normalized spacial score (nSPS) is 10.3. The molecule has 0 spiro atoms. The molecule has 0 aliphatic rings. The summed E-state index contributed by atoms with van der Waals surface area (Å²) >= 11 is 0. The minimum Gasteiger partial charge on any atom is -0.493 e. The van der Waals surface area contributed by atoms with Crippen molar-refractivity contribution < 1.29 is 14.3 Å². The van der Waals surface area contributed by atoms with Gasteiger partial charge in [-0.1, -0.05) is 37.3 Å². The summed E-state index contributed by atoms with van der Waals surface area (Å²) in [6.07, 6.45) is 1.74. The van der Waals surface area contributed by atoms with Crippen molar-refractivity contribution in [2.45, 2.75) is 19.8 Å². The number of benzene rings is 3. The van der Waals surface area contributed by atoms with Crippen molar-refractivity contribution in [3.05, 3.63) is 90.0 Å². The molecule has 3 N–H and O–H groups in total. The predicted octanol–water partition coefficient (Wildman–Crippen LogP) is 4.50. The van der Waals surface area contributed by atoms with Crippen molar-refractivity contribution in [3.8, 4) is 5.75 Å². The van der Waals surface area contributed by atoms with Crippen LogP contribution in [-0.2, 0) is 11.2 Å². The monoisotopic (exact) mass is 431 g/mol.